The Labute approximate surface area is 122 Å². The second-order valence-corrected chi connectivity index (χ2v) is 4.85. The Morgan fingerprint density at radius 3 is 2.85 bits per heavy atom. The van der Waals surface area contributed by atoms with Gasteiger partial charge in [0.1, 0.15) is 24.1 Å². The fraction of sp³-hybridized carbons (Fsp3) is 0.0769. The van der Waals surface area contributed by atoms with E-state index in [4.69, 9.17) is 4.42 Å². The van der Waals surface area contributed by atoms with Gasteiger partial charge in [0, 0.05) is 5.69 Å². The van der Waals surface area contributed by atoms with Crippen molar-refractivity contribution in [1.29, 1.82) is 0 Å². The van der Waals surface area contributed by atoms with E-state index < -0.39 is 0 Å². The fourth-order valence-corrected chi connectivity index (χ4v) is 2.11. The van der Waals surface area contributed by atoms with Gasteiger partial charge in [0.15, 0.2) is 10.5 Å². The molecule has 0 atom stereocenters. The molecule has 0 fully saturated rings. The lowest BCUT2D eigenvalue weighted by atomic mass is 10.2. The van der Waals surface area contributed by atoms with Gasteiger partial charge in [0.25, 0.3) is 0 Å². The second kappa shape index (κ2) is 5.46. The van der Waals surface area contributed by atoms with Crippen LogP contribution in [-0.2, 0) is 6.54 Å². The normalized spacial score (nSPS) is 10.7. The van der Waals surface area contributed by atoms with Gasteiger partial charge in [-0.1, -0.05) is 0 Å². The highest BCUT2D eigenvalue weighted by atomic mass is 79.9. The third kappa shape index (κ3) is 2.72. The Balaban J connectivity index is 1.74. The molecule has 0 saturated heterocycles. The van der Waals surface area contributed by atoms with E-state index in [1.54, 1.807) is 12.1 Å². The molecule has 7 heteroatoms. The Morgan fingerprint density at radius 2 is 2.20 bits per heavy atom. The molecule has 1 N–H and O–H groups in total. The van der Waals surface area contributed by atoms with Gasteiger partial charge < -0.3 is 9.73 Å². The monoisotopic (exact) mass is 336 g/mol. The molecule has 3 rings (SSSR count). The van der Waals surface area contributed by atoms with Crippen molar-refractivity contribution in [1.82, 2.24) is 14.8 Å². The molecule has 0 amide bonds. The largest absolute Gasteiger partial charge is 0.452 e. The summed E-state index contributed by atoms with van der Waals surface area (Å²) in [6.45, 7) is 0.480. The number of aromatic nitrogens is 3. The predicted octanol–water partition coefficient (Wildman–Crippen LogP) is 3.37. The highest BCUT2D eigenvalue weighted by molar-refractivity contribution is 9.10. The molecule has 0 spiro atoms. The van der Waals surface area contributed by atoms with Crippen molar-refractivity contribution in [2.45, 2.75) is 6.54 Å². The molecule has 2 aromatic heterocycles. The van der Waals surface area contributed by atoms with Gasteiger partial charge in [0.2, 0.25) is 0 Å². The first-order valence-corrected chi connectivity index (χ1v) is 6.64. The molecular weight excluding hydrogens is 327 g/mol. The third-order valence-corrected chi connectivity index (χ3v) is 3.14. The van der Waals surface area contributed by atoms with Crippen LogP contribution in [0.25, 0.3) is 5.69 Å². The van der Waals surface area contributed by atoms with Crippen molar-refractivity contribution in [3.05, 3.63) is 59.2 Å². The molecule has 3 aromatic rings. The van der Waals surface area contributed by atoms with E-state index in [1.165, 1.54) is 23.4 Å². The van der Waals surface area contributed by atoms with Gasteiger partial charge in [0.05, 0.1) is 6.54 Å². The van der Waals surface area contributed by atoms with Gasteiger partial charge in [-0.3, -0.25) is 0 Å². The van der Waals surface area contributed by atoms with Crippen LogP contribution in [0.5, 0.6) is 0 Å². The smallest absolute Gasteiger partial charge is 0.169 e. The summed E-state index contributed by atoms with van der Waals surface area (Å²) in [7, 11) is 0. The van der Waals surface area contributed by atoms with Crippen LogP contribution in [0.15, 0.2) is 52.1 Å². The molecule has 0 aliphatic rings. The number of nitrogens with zero attached hydrogens (tertiary/aromatic N) is 3. The zero-order chi connectivity index (χ0) is 13.9. The standard InChI is InChI=1S/C13H10BrFN4O/c14-13-4-2-10(20-13)6-17-9-1-3-12(11(15)5-9)19-8-16-7-18-19/h1-5,7-8,17H,6H2. The Morgan fingerprint density at radius 1 is 1.30 bits per heavy atom. The Hall–Kier alpha value is -2.15. The van der Waals surface area contributed by atoms with E-state index in [-0.39, 0.29) is 5.82 Å². The van der Waals surface area contributed by atoms with Gasteiger partial charge in [-0.15, -0.1) is 0 Å². The topological polar surface area (TPSA) is 55.9 Å². The number of nitrogens with one attached hydrogen (secondary N) is 1. The molecule has 102 valence electrons. The van der Waals surface area contributed by atoms with Gasteiger partial charge in [-0.25, -0.2) is 14.1 Å². The zero-order valence-electron chi connectivity index (χ0n) is 10.3. The molecule has 20 heavy (non-hydrogen) atoms. The number of rotatable bonds is 4. The molecule has 1 aromatic carbocycles. The fourth-order valence-electron chi connectivity index (χ4n) is 1.77. The van der Waals surface area contributed by atoms with Crippen molar-refractivity contribution in [3.63, 3.8) is 0 Å². The molecular formula is C13H10BrFN4O. The second-order valence-electron chi connectivity index (χ2n) is 4.07. The van der Waals surface area contributed by atoms with Crippen LogP contribution in [-0.4, -0.2) is 14.8 Å². The molecule has 0 aliphatic heterocycles. The van der Waals surface area contributed by atoms with Crippen molar-refractivity contribution in [2.75, 3.05) is 5.32 Å². The van der Waals surface area contributed by atoms with Crippen LogP contribution in [0, 0.1) is 5.82 Å². The van der Waals surface area contributed by atoms with Crippen LogP contribution in [0.4, 0.5) is 10.1 Å². The van der Waals surface area contributed by atoms with Crippen molar-refractivity contribution in [3.8, 4) is 5.69 Å². The molecule has 0 unspecified atom stereocenters. The maximum absolute atomic E-state index is 14.0. The van der Waals surface area contributed by atoms with Gasteiger partial charge >= 0.3 is 0 Å². The molecule has 0 saturated carbocycles. The summed E-state index contributed by atoms with van der Waals surface area (Å²) in [6, 6.07) is 8.49. The van der Waals surface area contributed by atoms with E-state index in [9.17, 15) is 4.39 Å². The Kier molecular flexibility index (Phi) is 3.51. The van der Waals surface area contributed by atoms with E-state index in [0.29, 0.717) is 22.6 Å². The first-order chi connectivity index (χ1) is 9.72. The van der Waals surface area contributed by atoms with Crippen LogP contribution in [0.2, 0.25) is 0 Å². The van der Waals surface area contributed by atoms with Crippen molar-refractivity contribution < 1.29 is 8.81 Å². The van der Waals surface area contributed by atoms with Gasteiger partial charge in [-0.05, 0) is 46.3 Å². The SMILES string of the molecule is Fc1cc(NCc2ccc(Br)o2)ccc1-n1cncn1. The number of hydrogen-bond acceptors (Lipinski definition) is 4. The summed E-state index contributed by atoms with van der Waals surface area (Å²) in [6.07, 6.45) is 2.81. The summed E-state index contributed by atoms with van der Waals surface area (Å²) >= 11 is 3.23. The minimum Gasteiger partial charge on any atom is -0.452 e. The predicted molar refractivity (Wildman–Crippen MR) is 75.1 cm³/mol. The number of halogens is 2. The van der Waals surface area contributed by atoms with Crippen LogP contribution in [0.1, 0.15) is 5.76 Å². The lowest BCUT2D eigenvalue weighted by Crippen LogP contribution is -2.02. The average molecular weight is 337 g/mol. The molecule has 0 radical (unpaired) electrons. The average Bonchev–Trinajstić information content (AvgIpc) is 3.08. The van der Waals surface area contributed by atoms with Crippen molar-refractivity contribution >= 4 is 21.6 Å². The van der Waals surface area contributed by atoms with E-state index in [1.807, 2.05) is 12.1 Å². The van der Waals surface area contributed by atoms with Crippen LogP contribution < -0.4 is 5.32 Å². The highest BCUT2D eigenvalue weighted by Crippen LogP contribution is 2.19. The van der Waals surface area contributed by atoms with Gasteiger partial charge in [-0.2, -0.15) is 5.10 Å². The van der Waals surface area contributed by atoms with Crippen molar-refractivity contribution in [2.24, 2.45) is 0 Å². The summed E-state index contributed by atoms with van der Waals surface area (Å²) < 4.78 is 21.4. The number of furan rings is 1. The minimum atomic E-state index is -0.374. The summed E-state index contributed by atoms with van der Waals surface area (Å²) in [5.74, 6) is 0.388. The summed E-state index contributed by atoms with van der Waals surface area (Å²) in [4.78, 5) is 3.79. The van der Waals surface area contributed by atoms with Crippen LogP contribution in [0.3, 0.4) is 0 Å². The molecule has 0 aliphatic carbocycles. The minimum absolute atomic E-state index is 0.355. The third-order valence-electron chi connectivity index (χ3n) is 2.71. The first kappa shape index (κ1) is 12.9. The zero-order valence-corrected chi connectivity index (χ0v) is 11.8. The molecule has 5 nitrogen and oxygen atoms in total. The van der Waals surface area contributed by atoms with Crippen LogP contribution >= 0.6 is 15.9 Å². The summed E-state index contributed by atoms with van der Waals surface area (Å²) in [5, 5.41) is 6.99. The van der Waals surface area contributed by atoms with E-state index in [2.05, 4.69) is 31.3 Å². The van der Waals surface area contributed by atoms with E-state index in [0.717, 1.165) is 5.76 Å². The maximum atomic E-state index is 14.0. The number of hydrogen-bond donors (Lipinski definition) is 1. The Bertz CT molecular complexity index is 711. The summed E-state index contributed by atoms with van der Waals surface area (Å²) in [5.41, 5.74) is 1.02. The lowest BCUT2D eigenvalue weighted by Gasteiger charge is -2.07. The quantitative estimate of drug-likeness (QED) is 0.793. The number of anilines is 1. The lowest BCUT2D eigenvalue weighted by molar-refractivity contribution is 0.495. The first-order valence-electron chi connectivity index (χ1n) is 5.85. The molecule has 0 bridgehead atoms. The van der Waals surface area contributed by atoms with E-state index >= 15 is 0 Å². The number of benzene rings is 1. The maximum Gasteiger partial charge on any atom is 0.169 e. The molecule has 2 heterocycles. The highest BCUT2D eigenvalue weighted by Gasteiger charge is 2.07.